The maximum atomic E-state index is 13.1. The van der Waals surface area contributed by atoms with Crippen LogP contribution in [0.25, 0.3) is 0 Å². The summed E-state index contributed by atoms with van der Waals surface area (Å²) in [7, 11) is 0. The van der Waals surface area contributed by atoms with Crippen molar-refractivity contribution in [1.82, 2.24) is 4.90 Å². The van der Waals surface area contributed by atoms with Gasteiger partial charge in [-0.2, -0.15) is 0 Å². The molecule has 0 aromatic heterocycles. The van der Waals surface area contributed by atoms with Gasteiger partial charge in [-0.05, 0) is 37.5 Å². The highest BCUT2D eigenvalue weighted by atomic mass is 19.1. The SMILES string of the molecule is CCOC(=O)CCN(Cc1ccc(F)cc1)C(=O)C1CCCCC1. The lowest BCUT2D eigenvalue weighted by Gasteiger charge is -2.29. The number of rotatable bonds is 7. The number of benzene rings is 1. The van der Waals surface area contributed by atoms with E-state index in [0.29, 0.717) is 19.7 Å². The number of hydrogen-bond donors (Lipinski definition) is 0. The van der Waals surface area contributed by atoms with Crippen LogP contribution in [0.15, 0.2) is 24.3 Å². The van der Waals surface area contributed by atoms with E-state index in [4.69, 9.17) is 4.74 Å². The first-order chi connectivity index (χ1) is 11.6. The van der Waals surface area contributed by atoms with Crippen LogP contribution >= 0.6 is 0 Å². The Balaban J connectivity index is 2.02. The third kappa shape index (κ3) is 5.62. The second-order valence-electron chi connectivity index (χ2n) is 6.28. The summed E-state index contributed by atoms with van der Waals surface area (Å²) in [6.07, 6.45) is 5.37. The van der Waals surface area contributed by atoms with Gasteiger partial charge < -0.3 is 9.64 Å². The van der Waals surface area contributed by atoms with Gasteiger partial charge in [-0.25, -0.2) is 4.39 Å². The van der Waals surface area contributed by atoms with Crippen LogP contribution in [0, 0.1) is 11.7 Å². The van der Waals surface area contributed by atoms with Crippen molar-refractivity contribution < 1.29 is 18.7 Å². The van der Waals surface area contributed by atoms with Crippen LogP contribution in [0.2, 0.25) is 0 Å². The first-order valence-corrected chi connectivity index (χ1v) is 8.79. The zero-order chi connectivity index (χ0) is 17.4. The lowest BCUT2D eigenvalue weighted by atomic mass is 9.88. The molecule has 5 heteroatoms. The molecule has 0 atom stereocenters. The van der Waals surface area contributed by atoms with Gasteiger partial charge in [0.2, 0.25) is 5.91 Å². The second-order valence-corrected chi connectivity index (χ2v) is 6.28. The van der Waals surface area contributed by atoms with Crippen LogP contribution in [-0.4, -0.2) is 29.9 Å². The Morgan fingerprint density at radius 1 is 1.17 bits per heavy atom. The largest absolute Gasteiger partial charge is 0.466 e. The number of halogens is 1. The number of carbonyl (C=O) groups is 2. The highest BCUT2D eigenvalue weighted by Crippen LogP contribution is 2.26. The minimum Gasteiger partial charge on any atom is -0.466 e. The monoisotopic (exact) mass is 335 g/mol. The smallest absolute Gasteiger partial charge is 0.307 e. The Bertz CT molecular complexity index is 538. The lowest BCUT2D eigenvalue weighted by molar-refractivity contribution is -0.145. The number of nitrogens with zero attached hydrogens (tertiary/aromatic N) is 1. The molecule has 0 saturated heterocycles. The van der Waals surface area contributed by atoms with E-state index in [-0.39, 0.29) is 30.0 Å². The third-order valence-electron chi connectivity index (χ3n) is 4.44. The molecule has 4 nitrogen and oxygen atoms in total. The van der Waals surface area contributed by atoms with Crippen LogP contribution in [-0.2, 0) is 20.9 Å². The van der Waals surface area contributed by atoms with Gasteiger partial charge in [0, 0.05) is 19.0 Å². The normalized spacial score (nSPS) is 15.1. The fourth-order valence-corrected chi connectivity index (χ4v) is 3.14. The van der Waals surface area contributed by atoms with E-state index in [9.17, 15) is 14.0 Å². The first-order valence-electron chi connectivity index (χ1n) is 8.79. The number of hydrogen-bond acceptors (Lipinski definition) is 3. The van der Waals surface area contributed by atoms with Gasteiger partial charge in [0.15, 0.2) is 0 Å². The van der Waals surface area contributed by atoms with E-state index in [2.05, 4.69) is 0 Å². The molecule has 1 aliphatic rings. The minimum atomic E-state index is -0.296. The summed E-state index contributed by atoms with van der Waals surface area (Å²) in [4.78, 5) is 26.2. The highest BCUT2D eigenvalue weighted by Gasteiger charge is 2.26. The maximum absolute atomic E-state index is 13.1. The molecule has 0 spiro atoms. The fraction of sp³-hybridized carbons (Fsp3) is 0.579. The van der Waals surface area contributed by atoms with Crippen LogP contribution in [0.3, 0.4) is 0 Å². The van der Waals surface area contributed by atoms with Gasteiger partial charge in [-0.3, -0.25) is 9.59 Å². The molecule has 1 aromatic carbocycles. The molecule has 0 unspecified atom stereocenters. The molecular formula is C19H26FNO3. The predicted molar refractivity (Wildman–Crippen MR) is 89.6 cm³/mol. The van der Waals surface area contributed by atoms with E-state index in [1.807, 2.05) is 0 Å². The van der Waals surface area contributed by atoms with E-state index in [1.54, 1.807) is 24.0 Å². The molecule has 0 heterocycles. The Hall–Kier alpha value is -1.91. The maximum Gasteiger partial charge on any atom is 0.307 e. The summed E-state index contributed by atoms with van der Waals surface area (Å²) in [5, 5.41) is 0. The molecule has 2 rings (SSSR count). The molecule has 24 heavy (non-hydrogen) atoms. The van der Waals surface area contributed by atoms with Crippen LogP contribution in [0.1, 0.15) is 51.0 Å². The summed E-state index contributed by atoms with van der Waals surface area (Å²) < 4.78 is 18.0. The van der Waals surface area contributed by atoms with Crippen LogP contribution in [0.4, 0.5) is 4.39 Å². The summed E-state index contributed by atoms with van der Waals surface area (Å²) in [5.74, 6) is -0.446. The van der Waals surface area contributed by atoms with Crippen molar-refractivity contribution in [3.05, 3.63) is 35.6 Å². The topological polar surface area (TPSA) is 46.6 Å². The van der Waals surface area contributed by atoms with Crippen molar-refractivity contribution in [2.45, 2.75) is 52.0 Å². The molecule has 1 amide bonds. The quantitative estimate of drug-likeness (QED) is 0.714. The third-order valence-corrected chi connectivity index (χ3v) is 4.44. The molecule has 0 radical (unpaired) electrons. The van der Waals surface area contributed by atoms with Gasteiger partial charge in [0.05, 0.1) is 13.0 Å². The van der Waals surface area contributed by atoms with Crippen molar-refractivity contribution >= 4 is 11.9 Å². The Labute approximate surface area is 143 Å². The Morgan fingerprint density at radius 3 is 2.46 bits per heavy atom. The van der Waals surface area contributed by atoms with Crippen molar-refractivity contribution in [2.24, 2.45) is 5.92 Å². The Morgan fingerprint density at radius 2 is 1.83 bits per heavy atom. The van der Waals surface area contributed by atoms with Crippen LogP contribution < -0.4 is 0 Å². The summed E-state index contributed by atoms with van der Waals surface area (Å²) in [6.45, 7) is 2.84. The molecule has 0 bridgehead atoms. The lowest BCUT2D eigenvalue weighted by Crippen LogP contribution is -2.38. The van der Waals surface area contributed by atoms with Crippen LogP contribution in [0.5, 0.6) is 0 Å². The van der Waals surface area contributed by atoms with E-state index < -0.39 is 0 Å². The minimum absolute atomic E-state index is 0.0430. The molecule has 1 aromatic rings. The van der Waals surface area contributed by atoms with Gasteiger partial charge in [0.1, 0.15) is 5.82 Å². The van der Waals surface area contributed by atoms with E-state index in [1.165, 1.54) is 18.6 Å². The molecule has 0 aliphatic heterocycles. The van der Waals surface area contributed by atoms with E-state index in [0.717, 1.165) is 31.2 Å². The highest BCUT2D eigenvalue weighted by molar-refractivity contribution is 5.79. The molecule has 1 fully saturated rings. The zero-order valence-electron chi connectivity index (χ0n) is 14.3. The molecule has 132 valence electrons. The average Bonchev–Trinajstić information content (AvgIpc) is 2.60. The first kappa shape index (κ1) is 18.4. The molecular weight excluding hydrogens is 309 g/mol. The van der Waals surface area contributed by atoms with E-state index >= 15 is 0 Å². The second kappa shape index (κ2) is 9.40. The van der Waals surface area contributed by atoms with Gasteiger partial charge in [-0.15, -0.1) is 0 Å². The van der Waals surface area contributed by atoms with Crippen molar-refractivity contribution in [2.75, 3.05) is 13.2 Å². The van der Waals surface area contributed by atoms with Gasteiger partial charge >= 0.3 is 5.97 Å². The average molecular weight is 335 g/mol. The Kier molecular flexibility index (Phi) is 7.22. The zero-order valence-corrected chi connectivity index (χ0v) is 14.3. The van der Waals surface area contributed by atoms with Crippen molar-refractivity contribution in [3.63, 3.8) is 0 Å². The number of carbonyl (C=O) groups excluding carboxylic acids is 2. The summed E-state index contributed by atoms with van der Waals surface area (Å²) in [6, 6.07) is 6.15. The molecule has 1 aliphatic carbocycles. The van der Waals surface area contributed by atoms with Crippen molar-refractivity contribution in [1.29, 1.82) is 0 Å². The molecule has 1 saturated carbocycles. The standard InChI is InChI=1S/C19H26FNO3/c1-2-24-18(22)12-13-21(14-15-8-10-17(20)11-9-15)19(23)16-6-4-3-5-7-16/h8-11,16H,2-7,12-14H2,1H3. The molecule has 0 N–H and O–H groups in total. The summed E-state index contributed by atoms with van der Waals surface area (Å²) in [5.41, 5.74) is 0.865. The number of amides is 1. The summed E-state index contributed by atoms with van der Waals surface area (Å²) >= 11 is 0. The number of ether oxygens (including phenoxy) is 1. The van der Waals surface area contributed by atoms with Gasteiger partial charge in [0.25, 0.3) is 0 Å². The number of esters is 1. The fourth-order valence-electron chi connectivity index (χ4n) is 3.14. The van der Waals surface area contributed by atoms with Crippen molar-refractivity contribution in [3.8, 4) is 0 Å². The van der Waals surface area contributed by atoms with Gasteiger partial charge in [-0.1, -0.05) is 31.4 Å². The predicted octanol–water partition coefficient (Wildman–Crippen LogP) is 3.69.